The first-order chi connectivity index (χ1) is 8.39. The summed E-state index contributed by atoms with van der Waals surface area (Å²) in [5.41, 5.74) is 0.189. The molecule has 1 fully saturated rings. The van der Waals surface area contributed by atoms with Crippen molar-refractivity contribution in [2.24, 2.45) is 5.92 Å². The highest BCUT2D eigenvalue weighted by Gasteiger charge is 2.39. The molecule has 1 rings (SSSR count). The molecule has 0 aromatic rings. The molecule has 0 radical (unpaired) electrons. The van der Waals surface area contributed by atoms with Gasteiger partial charge in [-0.1, -0.05) is 0 Å². The van der Waals surface area contributed by atoms with Crippen LogP contribution in [0.4, 0.5) is 0 Å². The molecular formula is C14H28N2O2. The molecule has 18 heavy (non-hydrogen) atoms. The average Bonchev–Trinajstić information content (AvgIpc) is 2.56. The molecular weight excluding hydrogens is 228 g/mol. The lowest BCUT2D eigenvalue weighted by molar-refractivity contribution is -0.131. The minimum absolute atomic E-state index is 0.189. The van der Waals surface area contributed by atoms with Crippen molar-refractivity contribution in [2.75, 3.05) is 40.4 Å². The molecule has 1 aliphatic rings. The monoisotopic (exact) mass is 256 g/mol. The fourth-order valence-corrected chi connectivity index (χ4v) is 2.54. The predicted octanol–water partition coefficient (Wildman–Crippen LogP) is 1.60. The van der Waals surface area contributed by atoms with E-state index in [1.807, 2.05) is 18.9 Å². The van der Waals surface area contributed by atoms with Gasteiger partial charge in [-0.15, -0.1) is 0 Å². The van der Waals surface area contributed by atoms with Crippen molar-refractivity contribution in [3.8, 4) is 0 Å². The van der Waals surface area contributed by atoms with E-state index in [0.717, 1.165) is 13.1 Å². The molecule has 0 aromatic heterocycles. The Labute approximate surface area is 111 Å². The largest absolute Gasteiger partial charge is 0.381 e. The third-order valence-corrected chi connectivity index (χ3v) is 4.38. The van der Waals surface area contributed by atoms with Gasteiger partial charge < -0.3 is 14.5 Å². The van der Waals surface area contributed by atoms with E-state index in [-0.39, 0.29) is 11.4 Å². The molecule has 0 spiro atoms. The Morgan fingerprint density at radius 1 is 1.50 bits per heavy atom. The van der Waals surface area contributed by atoms with Gasteiger partial charge in [0.1, 0.15) is 0 Å². The number of likely N-dealkylation sites (tertiary alicyclic amines) is 1. The molecule has 0 unspecified atom stereocenters. The highest BCUT2D eigenvalue weighted by Crippen LogP contribution is 2.33. The van der Waals surface area contributed by atoms with Crippen LogP contribution < -0.4 is 0 Å². The van der Waals surface area contributed by atoms with Gasteiger partial charge in [0.2, 0.25) is 5.91 Å². The van der Waals surface area contributed by atoms with Crippen LogP contribution in [-0.4, -0.2) is 61.6 Å². The number of carbonyl (C=O) groups is 1. The average molecular weight is 256 g/mol. The number of rotatable bonds is 6. The van der Waals surface area contributed by atoms with Gasteiger partial charge in [-0.25, -0.2) is 0 Å². The molecule has 0 N–H and O–H groups in total. The Kier molecular flexibility index (Phi) is 5.60. The van der Waals surface area contributed by atoms with E-state index in [9.17, 15) is 4.79 Å². The smallest absolute Gasteiger partial charge is 0.224 e. The van der Waals surface area contributed by atoms with Crippen LogP contribution in [0.2, 0.25) is 0 Å². The van der Waals surface area contributed by atoms with E-state index in [1.54, 1.807) is 0 Å². The van der Waals surface area contributed by atoms with Gasteiger partial charge in [-0.05, 0) is 46.7 Å². The van der Waals surface area contributed by atoms with E-state index in [2.05, 4.69) is 25.8 Å². The Morgan fingerprint density at radius 2 is 2.17 bits per heavy atom. The van der Waals surface area contributed by atoms with Crippen molar-refractivity contribution in [1.82, 2.24) is 9.80 Å². The maximum atomic E-state index is 11.9. The number of hydrogen-bond donors (Lipinski definition) is 0. The zero-order valence-corrected chi connectivity index (χ0v) is 12.5. The second-order valence-electron chi connectivity index (χ2n) is 5.78. The lowest BCUT2D eigenvalue weighted by atomic mass is 9.88. The van der Waals surface area contributed by atoms with E-state index in [1.165, 1.54) is 6.42 Å². The van der Waals surface area contributed by atoms with Gasteiger partial charge >= 0.3 is 0 Å². The Balaban J connectivity index is 2.40. The normalized spacial score (nSPS) is 23.3. The third kappa shape index (κ3) is 3.69. The van der Waals surface area contributed by atoms with Crippen LogP contribution in [0.15, 0.2) is 0 Å². The molecule has 1 saturated heterocycles. The Morgan fingerprint density at radius 3 is 2.67 bits per heavy atom. The number of ether oxygens (including phenoxy) is 1. The molecule has 0 bridgehead atoms. The zero-order chi connectivity index (χ0) is 13.8. The lowest BCUT2D eigenvalue weighted by Crippen LogP contribution is -2.44. The second kappa shape index (κ2) is 6.53. The van der Waals surface area contributed by atoms with Crippen molar-refractivity contribution >= 4 is 5.91 Å². The van der Waals surface area contributed by atoms with E-state index >= 15 is 0 Å². The minimum atomic E-state index is 0.189. The molecule has 1 aliphatic heterocycles. The van der Waals surface area contributed by atoms with Gasteiger partial charge in [0, 0.05) is 25.7 Å². The van der Waals surface area contributed by atoms with Crippen molar-refractivity contribution in [3.63, 3.8) is 0 Å². The predicted molar refractivity (Wildman–Crippen MR) is 73.6 cm³/mol. The van der Waals surface area contributed by atoms with E-state index in [0.29, 0.717) is 25.6 Å². The highest BCUT2D eigenvalue weighted by atomic mass is 16.5. The SMILES string of the molecule is CCOCCC(=O)N(C)C[C@H]1CCN(C)C1(C)C. The molecule has 1 heterocycles. The standard InChI is InChI=1S/C14H28N2O2/c1-6-18-10-8-13(17)15(4)11-12-7-9-16(5)14(12,2)3/h12H,6-11H2,1-5H3/t12-/m1/s1. The van der Waals surface area contributed by atoms with Gasteiger partial charge in [0.25, 0.3) is 0 Å². The summed E-state index contributed by atoms with van der Waals surface area (Å²) in [4.78, 5) is 16.2. The summed E-state index contributed by atoms with van der Waals surface area (Å²) in [6.45, 7) is 9.67. The van der Waals surface area contributed by atoms with Gasteiger partial charge in [-0.2, -0.15) is 0 Å². The molecule has 106 valence electrons. The first-order valence-electron chi connectivity index (χ1n) is 6.92. The summed E-state index contributed by atoms with van der Waals surface area (Å²) in [5, 5.41) is 0. The summed E-state index contributed by atoms with van der Waals surface area (Å²) < 4.78 is 5.23. The van der Waals surface area contributed by atoms with E-state index in [4.69, 9.17) is 4.74 Å². The molecule has 4 heteroatoms. The first-order valence-corrected chi connectivity index (χ1v) is 6.92. The van der Waals surface area contributed by atoms with Crippen LogP contribution in [0.5, 0.6) is 0 Å². The minimum Gasteiger partial charge on any atom is -0.381 e. The van der Waals surface area contributed by atoms with Crippen LogP contribution in [0.25, 0.3) is 0 Å². The van der Waals surface area contributed by atoms with Crippen LogP contribution in [0.3, 0.4) is 0 Å². The van der Waals surface area contributed by atoms with Crippen LogP contribution in [0, 0.1) is 5.92 Å². The fraction of sp³-hybridized carbons (Fsp3) is 0.929. The van der Waals surface area contributed by atoms with E-state index < -0.39 is 0 Å². The highest BCUT2D eigenvalue weighted by molar-refractivity contribution is 5.75. The molecule has 4 nitrogen and oxygen atoms in total. The Bertz CT molecular complexity index is 279. The summed E-state index contributed by atoms with van der Waals surface area (Å²) in [5.74, 6) is 0.748. The topological polar surface area (TPSA) is 32.8 Å². The molecule has 1 atom stereocenters. The van der Waals surface area contributed by atoms with Crippen molar-refractivity contribution < 1.29 is 9.53 Å². The number of nitrogens with zero attached hydrogens (tertiary/aromatic N) is 2. The van der Waals surface area contributed by atoms with Gasteiger partial charge in [-0.3, -0.25) is 4.79 Å². The Hall–Kier alpha value is -0.610. The third-order valence-electron chi connectivity index (χ3n) is 4.38. The van der Waals surface area contributed by atoms with Crippen molar-refractivity contribution in [2.45, 2.75) is 39.2 Å². The lowest BCUT2D eigenvalue weighted by Gasteiger charge is -2.35. The van der Waals surface area contributed by atoms with Crippen LogP contribution in [-0.2, 0) is 9.53 Å². The van der Waals surface area contributed by atoms with Crippen LogP contribution in [0.1, 0.15) is 33.6 Å². The molecule has 0 saturated carbocycles. The van der Waals surface area contributed by atoms with Gasteiger partial charge in [0.15, 0.2) is 0 Å². The van der Waals surface area contributed by atoms with Gasteiger partial charge in [0.05, 0.1) is 13.0 Å². The fourth-order valence-electron chi connectivity index (χ4n) is 2.54. The summed E-state index contributed by atoms with van der Waals surface area (Å²) in [6, 6.07) is 0. The molecule has 0 aliphatic carbocycles. The maximum Gasteiger partial charge on any atom is 0.224 e. The summed E-state index contributed by atoms with van der Waals surface area (Å²) in [6.07, 6.45) is 1.67. The van der Waals surface area contributed by atoms with Crippen LogP contribution >= 0.6 is 0 Å². The number of carbonyl (C=O) groups excluding carboxylic acids is 1. The zero-order valence-electron chi connectivity index (χ0n) is 12.5. The maximum absolute atomic E-state index is 11.9. The second-order valence-corrected chi connectivity index (χ2v) is 5.78. The molecule has 0 aromatic carbocycles. The first kappa shape index (κ1) is 15.4. The molecule has 1 amide bonds. The summed E-state index contributed by atoms with van der Waals surface area (Å²) in [7, 11) is 4.07. The van der Waals surface area contributed by atoms with Crippen molar-refractivity contribution in [1.29, 1.82) is 0 Å². The summed E-state index contributed by atoms with van der Waals surface area (Å²) >= 11 is 0. The van der Waals surface area contributed by atoms with Crippen molar-refractivity contribution in [3.05, 3.63) is 0 Å². The number of amides is 1. The quantitative estimate of drug-likeness (QED) is 0.677. The number of hydrogen-bond acceptors (Lipinski definition) is 3.